The highest BCUT2D eigenvalue weighted by Crippen LogP contribution is 2.18. The van der Waals surface area contributed by atoms with Gasteiger partial charge in [0.1, 0.15) is 0 Å². The number of hydrogen-bond donors (Lipinski definition) is 1. The number of thioether (sulfide) groups is 1. The quantitative estimate of drug-likeness (QED) is 0.540. The summed E-state index contributed by atoms with van der Waals surface area (Å²) >= 11 is 1.26. The van der Waals surface area contributed by atoms with Crippen molar-refractivity contribution in [3.63, 3.8) is 0 Å². The van der Waals surface area contributed by atoms with Gasteiger partial charge in [-0.15, -0.1) is 0 Å². The summed E-state index contributed by atoms with van der Waals surface area (Å²) in [5.74, 6) is 0.818. The highest BCUT2D eigenvalue weighted by Gasteiger charge is 2.24. The lowest BCUT2D eigenvalue weighted by atomic mass is 10.3. The molecule has 1 saturated heterocycles. The summed E-state index contributed by atoms with van der Waals surface area (Å²) in [7, 11) is 0. The fraction of sp³-hybridized carbons (Fsp3) is 0.600. The van der Waals surface area contributed by atoms with Gasteiger partial charge < -0.3 is 5.32 Å². The zero-order valence-corrected chi connectivity index (χ0v) is 5.53. The molecular weight excluding hydrogens is 138 g/mol. The first-order valence-corrected chi connectivity index (χ1v) is 3.62. The lowest BCUT2D eigenvalue weighted by Gasteiger charge is -2.00. The molecule has 49 valence electrons. The lowest BCUT2D eigenvalue weighted by Crippen LogP contribution is -2.30. The van der Waals surface area contributed by atoms with Crippen LogP contribution >= 0.6 is 11.8 Å². The first-order valence-electron chi connectivity index (χ1n) is 2.64. The Labute approximate surface area is 57.2 Å². The number of rotatable bonds is 2. The molecule has 1 fully saturated rings. The van der Waals surface area contributed by atoms with Crippen LogP contribution in [-0.4, -0.2) is 23.3 Å². The SMILES string of the molecule is O=[C]NC1CCSC1=O. The summed E-state index contributed by atoms with van der Waals surface area (Å²) < 4.78 is 0. The van der Waals surface area contributed by atoms with Crippen molar-refractivity contribution in [1.29, 1.82) is 0 Å². The molecule has 4 heteroatoms. The van der Waals surface area contributed by atoms with Gasteiger partial charge in [-0.05, 0) is 6.42 Å². The van der Waals surface area contributed by atoms with Gasteiger partial charge in [-0.3, -0.25) is 9.59 Å². The van der Waals surface area contributed by atoms with Gasteiger partial charge in [0, 0.05) is 5.75 Å². The second-order valence-corrected chi connectivity index (χ2v) is 2.85. The van der Waals surface area contributed by atoms with Crippen molar-refractivity contribution in [3.05, 3.63) is 0 Å². The van der Waals surface area contributed by atoms with Gasteiger partial charge in [0.2, 0.25) is 5.12 Å². The number of carbonyl (C=O) groups is 1. The number of amides is 1. The predicted molar refractivity (Wildman–Crippen MR) is 34.7 cm³/mol. The summed E-state index contributed by atoms with van der Waals surface area (Å²) in [6, 6.07) is -0.271. The molecule has 0 spiro atoms. The Hall–Kier alpha value is -0.510. The van der Waals surface area contributed by atoms with Crippen LogP contribution in [0.15, 0.2) is 0 Å². The Morgan fingerprint density at radius 1 is 1.78 bits per heavy atom. The van der Waals surface area contributed by atoms with Crippen LogP contribution in [0.1, 0.15) is 6.42 Å². The van der Waals surface area contributed by atoms with Crippen molar-refractivity contribution in [2.45, 2.75) is 12.5 Å². The molecule has 1 amide bonds. The Morgan fingerprint density at radius 2 is 2.56 bits per heavy atom. The van der Waals surface area contributed by atoms with E-state index in [1.165, 1.54) is 18.2 Å². The third-order valence-electron chi connectivity index (χ3n) is 1.17. The number of nitrogens with one attached hydrogen (secondary N) is 1. The van der Waals surface area contributed by atoms with Crippen molar-refractivity contribution in [1.82, 2.24) is 5.32 Å². The van der Waals surface area contributed by atoms with Crippen LogP contribution in [0.2, 0.25) is 0 Å². The Bertz CT molecular complexity index is 137. The van der Waals surface area contributed by atoms with Gasteiger partial charge in [-0.2, -0.15) is 0 Å². The first kappa shape index (κ1) is 6.61. The summed E-state index contributed by atoms with van der Waals surface area (Å²) in [5, 5.41) is 2.37. The fourth-order valence-electron chi connectivity index (χ4n) is 0.698. The maximum atomic E-state index is 10.7. The number of hydrogen-bond acceptors (Lipinski definition) is 3. The van der Waals surface area contributed by atoms with Crippen molar-refractivity contribution in [2.75, 3.05) is 5.75 Å². The second kappa shape index (κ2) is 2.87. The highest BCUT2D eigenvalue weighted by molar-refractivity contribution is 8.14. The molecule has 1 heterocycles. The highest BCUT2D eigenvalue weighted by atomic mass is 32.2. The largest absolute Gasteiger partial charge is 0.337 e. The zero-order valence-electron chi connectivity index (χ0n) is 4.72. The molecule has 0 bridgehead atoms. The van der Waals surface area contributed by atoms with Gasteiger partial charge >= 0.3 is 6.41 Å². The fourth-order valence-corrected chi connectivity index (χ4v) is 1.63. The molecule has 0 saturated carbocycles. The minimum atomic E-state index is -0.271. The van der Waals surface area contributed by atoms with Crippen molar-refractivity contribution >= 4 is 23.3 Å². The molecule has 1 unspecified atom stereocenters. The summed E-state index contributed by atoms with van der Waals surface area (Å²) in [6.45, 7) is 0. The van der Waals surface area contributed by atoms with Crippen LogP contribution in [0.4, 0.5) is 0 Å². The molecule has 9 heavy (non-hydrogen) atoms. The second-order valence-electron chi connectivity index (χ2n) is 1.76. The van der Waals surface area contributed by atoms with E-state index < -0.39 is 0 Å². The summed E-state index contributed by atoms with van der Waals surface area (Å²) in [5.41, 5.74) is 0. The first-order chi connectivity index (χ1) is 4.34. The number of carbonyl (C=O) groups excluding carboxylic acids is 2. The maximum absolute atomic E-state index is 10.7. The van der Waals surface area contributed by atoms with E-state index in [2.05, 4.69) is 5.32 Å². The van der Waals surface area contributed by atoms with Gasteiger partial charge in [-0.1, -0.05) is 11.8 Å². The molecule has 1 radical (unpaired) electrons. The third kappa shape index (κ3) is 1.45. The Morgan fingerprint density at radius 3 is 3.00 bits per heavy atom. The van der Waals surface area contributed by atoms with Crippen LogP contribution in [0.25, 0.3) is 0 Å². The molecular formula is C5H6NO2S. The molecule has 0 aromatic heterocycles. The van der Waals surface area contributed by atoms with E-state index in [1.807, 2.05) is 0 Å². The van der Waals surface area contributed by atoms with E-state index in [1.54, 1.807) is 0 Å². The van der Waals surface area contributed by atoms with Crippen LogP contribution < -0.4 is 5.32 Å². The summed E-state index contributed by atoms with van der Waals surface area (Å²) in [6.07, 6.45) is 2.25. The minimum absolute atomic E-state index is 0.0540. The van der Waals surface area contributed by atoms with Crippen molar-refractivity contribution < 1.29 is 9.59 Å². The monoisotopic (exact) mass is 144 g/mol. The molecule has 0 aliphatic carbocycles. The molecule has 1 atom stereocenters. The van der Waals surface area contributed by atoms with Gasteiger partial charge in [0.05, 0.1) is 6.04 Å². The van der Waals surface area contributed by atoms with E-state index in [0.29, 0.717) is 0 Å². The molecule has 1 N–H and O–H groups in total. The van der Waals surface area contributed by atoms with E-state index in [0.717, 1.165) is 12.2 Å². The standard InChI is InChI=1S/C5H6NO2S/c7-3-6-4-1-2-9-5(4)8/h4H,1-2H2,(H,6,7). The van der Waals surface area contributed by atoms with E-state index in [-0.39, 0.29) is 11.2 Å². The Balaban J connectivity index is 2.39. The van der Waals surface area contributed by atoms with Gasteiger partial charge in [0.25, 0.3) is 0 Å². The smallest absolute Gasteiger partial charge is 0.309 e. The topological polar surface area (TPSA) is 46.2 Å². The van der Waals surface area contributed by atoms with Crippen LogP contribution in [-0.2, 0) is 9.59 Å². The summed E-state index contributed by atoms with van der Waals surface area (Å²) in [4.78, 5) is 20.4. The molecule has 1 aliphatic rings. The molecule has 3 nitrogen and oxygen atoms in total. The predicted octanol–water partition coefficient (Wildman–Crippen LogP) is -0.325. The Kier molecular flexibility index (Phi) is 2.10. The van der Waals surface area contributed by atoms with Crippen LogP contribution in [0, 0.1) is 0 Å². The molecule has 1 aliphatic heterocycles. The zero-order chi connectivity index (χ0) is 6.69. The molecule has 0 aromatic rings. The van der Waals surface area contributed by atoms with Gasteiger partial charge in [0.15, 0.2) is 0 Å². The van der Waals surface area contributed by atoms with Crippen molar-refractivity contribution in [2.24, 2.45) is 0 Å². The van der Waals surface area contributed by atoms with E-state index in [4.69, 9.17) is 0 Å². The van der Waals surface area contributed by atoms with Crippen LogP contribution in [0.3, 0.4) is 0 Å². The van der Waals surface area contributed by atoms with Gasteiger partial charge in [-0.25, -0.2) is 0 Å². The molecule has 0 aromatic carbocycles. The lowest BCUT2D eigenvalue weighted by molar-refractivity contribution is -0.112. The average molecular weight is 144 g/mol. The normalized spacial score (nSPS) is 26.2. The molecule has 1 rings (SSSR count). The van der Waals surface area contributed by atoms with E-state index >= 15 is 0 Å². The van der Waals surface area contributed by atoms with Crippen molar-refractivity contribution in [3.8, 4) is 0 Å². The minimum Gasteiger partial charge on any atom is -0.337 e. The maximum Gasteiger partial charge on any atom is 0.309 e. The third-order valence-corrected chi connectivity index (χ3v) is 2.18. The van der Waals surface area contributed by atoms with Crippen LogP contribution in [0.5, 0.6) is 0 Å². The average Bonchev–Trinajstić information content (AvgIpc) is 2.18. The van der Waals surface area contributed by atoms with E-state index in [9.17, 15) is 9.59 Å².